The first-order chi connectivity index (χ1) is 15.4. The van der Waals surface area contributed by atoms with Gasteiger partial charge in [-0.2, -0.15) is 0 Å². The second-order valence-electron chi connectivity index (χ2n) is 7.02. The van der Waals surface area contributed by atoms with Gasteiger partial charge in [-0.05, 0) is 48.2 Å². The highest BCUT2D eigenvalue weighted by Gasteiger charge is 2.10. The number of rotatable bonds is 7. The van der Waals surface area contributed by atoms with Gasteiger partial charge in [0.15, 0.2) is 0 Å². The molecule has 0 aliphatic carbocycles. The third-order valence-corrected chi connectivity index (χ3v) is 5.93. The van der Waals surface area contributed by atoms with E-state index in [1.807, 2.05) is 30.3 Å². The van der Waals surface area contributed by atoms with Crippen LogP contribution in [0.2, 0.25) is 0 Å². The molecule has 1 heterocycles. The maximum Gasteiger partial charge on any atom is 0.337 e. The fourth-order valence-electron chi connectivity index (χ4n) is 3.13. The van der Waals surface area contributed by atoms with Crippen molar-refractivity contribution >= 4 is 35.4 Å². The summed E-state index contributed by atoms with van der Waals surface area (Å²) in [6.45, 7) is 4.33. The van der Waals surface area contributed by atoms with Crippen molar-refractivity contribution in [1.82, 2.24) is 4.57 Å². The first-order valence-electron chi connectivity index (χ1n) is 10.3. The van der Waals surface area contributed by atoms with E-state index in [0.717, 1.165) is 17.5 Å². The molecule has 0 aliphatic rings. The minimum atomic E-state index is -0.498. The summed E-state index contributed by atoms with van der Waals surface area (Å²) in [6, 6.07) is 14.8. The summed E-state index contributed by atoms with van der Waals surface area (Å²) >= 11 is 1.24. The van der Waals surface area contributed by atoms with Gasteiger partial charge in [-0.25, -0.2) is 9.59 Å². The third kappa shape index (κ3) is 5.62. The summed E-state index contributed by atoms with van der Waals surface area (Å²) in [7, 11) is 1.33. The van der Waals surface area contributed by atoms with E-state index in [1.54, 1.807) is 35.8 Å². The van der Waals surface area contributed by atoms with Crippen LogP contribution < -0.4 is 14.8 Å². The van der Waals surface area contributed by atoms with E-state index >= 15 is 0 Å². The number of methoxy groups -OCH3 is 1. The molecule has 0 radical (unpaired) electrons. The van der Waals surface area contributed by atoms with E-state index in [9.17, 15) is 14.4 Å². The van der Waals surface area contributed by atoms with Crippen molar-refractivity contribution in [3.05, 3.63) is 90.3 Å². The van der Waals surface area contributed by atoms with Gasteiger partial charge in [-0.1, -0.05) is 43.3 Å². The van der Waals surface area contributed by atoms with E-state index in [0.29, 0.717) is 14.8 Å². The van der Waals surface area contributed by atoms with Crippen LogP contribution in [0, 0.1) is 0 Å². The summed E-state index contributed by atoms with van der Waals surface area (Å²) in [6.07, 6.45) is 4.11. The maximum atomic E-state index is 13.2. The number of esters is 2. The number of aromatic nitrogens is 1. The Kier molecular flexibility index (Phi) is 7.78. The summed E-state index contributed by atoms with van der Waals surface area (Å²) < 4.78 is 12.3. The first-order valence-corrected chi connectivity index (χ1v) is 11.1. The SMILES string of the molecule is CCOC(=O)/C=c1\s/c(=C\c2ccc(CC)cc2)c(=O)n1Cc1ccc(C(=O)OC)cc1. The van der Waals surface area contributed by atoms with Gasteiger partial charge in [0, 0.05) is 0 Å². The van der Waals surface area contributed by atoms with E-state index in [1.165, 1.54) is 30.1 Å². The topological polar surface area (TPSA) is 74.6 Å². The van der Waals surface area contributed by atoms with Crippen LogP contribution in [0.5, 0.6) is 0 Å². The lowest BCUT2D eigenvalue weighted by atomic mass is 10.1. The van der Waals surface area contributed by atoms with Crippen molar-refractivity contribution in [3.8, 4) is 0 Å². The van der Waals surface area contributed by atoms with Gasteiger partial charge in [0.1, 0.15) is 4.66 Å². The molecular formula is C25H25NO5S. The van der Waals surface area contributed by atoms with Crippen LogP contribution in [0.15, 0.2) is 53.3 Å². The molecular weight excluding hydrogens is 426 g/mol. The molecule has 166 valence electrons. The highest BCUT2D eigenvalue weighted by Crippen LogP contribution is 2.07. The first kappa shape index (κ1) is 23.2. The second kappa shape index (κ2) is 10.7. The van der Waals surface area contributed by atoms with Crippen molar-refractivity contribution in [2.75, 3.05) is 13.7 Å². The van der Waals surface area contributed by atoms with Crippen LogP contribution >= 0.6 is 11.3 Å². The Morgan fingerprint density at radius 2 is 1.66 bits per heavy atom. The van der Waals surface area contributed by atoms with Crippen LogP contribution in [0.25, 0.3) is 12.2 Å². The number of aryl methyl sites for hydroxylation is 1. The minimum Gasteiger partial charge on any atom is -0.465 e. The zero-order valence-corrected chi connectivity index (χ0v) is 19.1. The standard InChI is InChI=1S/C25H25NO5S/c1-4-17-6-8-18(9-7-17)14-21-24(28)26(22(32-21)15-23(27)31-5-2)16-19-10-12-20(13-11-19)25(29)30-3/h6-15H,4-5,16H2,1-3H3/b21-14-,22-15-. The predicted molar refractivity (Wildman–Crippen MR) is 125 cm³/mol. The Balaban J connectivity index is 2.04. The summed E-state index contributed by atoms with van der Waals surface area (Å²) in [4.78, 5) is 36.9. The molecule has 0 atom stereocenters. The van der Waals surface area contributed by atoms with Gasteiger partial charge < -0.3 is 9.47 Å². The number of thiazole rings is 1. The zero-order chi connectivity index (χ0) is 23.1. The Bertz CT molecular complexity index is 1270. The van der Waals surface area contributed by atoms with Crippen molar-refractivity contribution < 1.29 is 19.1 Å². The highest BCUT2D eigenvalue weighted by molar-refractivity contribution is 7.07. The molecule has 2 aromatic carbocycles. The van der Waals surface area contributed by atoms with Crippen LogP contribution in [-0.2, 0) is 27.2 Å². The van der Waals surface area contributed by atoms with E-state index in [-0.39, 0.29) is 18.7 Å². The Morgan fingerprint density at radius 3 is 2.25 bits per heavy atom. The highest BCUT2D eigenvalue weighted by atomic mass is 32.1. The van der Waals surface area contributed by atoms with Crippen molar-refractivity contribution in [2.24, 2.45) is 0 Å². The average Bonchev–Trinajstić information content (AvgIpc) is 3.08. The average molecular weight is 452 g/mol. The van der Waals surface area contributed by atoms with E-state index < -0.39 is 11.9 Å². The molecule has 1 aromatic heterocycles. The zero-order valence-electron chi connectivity index (χ0n) is 18.3. The van der Waals surface area contributed by atoms with Crippen LogP contribution in [0.1, 0.15) is 40.9 Å². The quantitative estimate of drug-likeness (QED) is 0.516. The van der Waals surface area contributed by atoms with Gasteiger partial charge in [0.2, 0.25) is 0 Å². The predicted octanol–water partition coefficient (Wildman–Crippen LogP) is 2.48. The van der Waals surface area contributed by atoms with E-state index in [4.69, 9.17) is 9.47 Å². The van der Waals surface area contributed by atoms with Crippen molar-refractivity contribution in [2.45, 2.75) is 26.8 Å². The molecule has 0 saturated heterocycles. The smallest absolute Gasteiger partial charge is 0.337 e. The molecule has 0 unspecified atom stereocenters. The number of ether oxygens (including phenoxy) is 2. The molecule has 0 amide bonds. The molecule has 0 bridgehead atoms. The lowest BCUT2D eigenvalue weighted by Crippen LogP contribution is -2.32. The molecule has 32 heavy (non-hydrogen) atoms. The van der Waals surface area contributed by atoms with Gasteiger partial charge in [0.05, 0.1) is 36.4 Å². The van der Waals surface area contributed by atoms with E-state index in [2.05, 4.69) is 6.92 Å². The monoisotopic (exact) mass is 451 g/mol. The number of carbonyl (C=O) groups excluding carboxylic acids is 2. The van der Waals surface area contributed by atoms with Gasteiger partial charge in [-0.3, -0.25) is 9.36 Å². The molecule has 3 rings (SSSR count). The molecule has 6 nitrogen and oxygen atoms in total. The Morgan fingerprint density at radius 1 is 1.00 bits per heavy atom. The minimum absolute atomic E-state index is 0.192. The Hall–Kier alpha value is -3.45. The molecule has 0 fully saturated rings. The normalized spacial score (nSPS) is 12.1. The number of hydrogen-bond donors (Lipinski definition) is 0. The molecule has 0 spiro atoms. The van der Waals surface area contributed by atoms with Crippen LogP contribution in [-0.4, -0.2) is 30.2 Å². The fourth-order valence-corrected chi connectivity index (χ4v) is 4.16. The summed E-state index contributed by atoms with van der Waals surface area (Å²) in [5.74, 6) is -0.922. The number of hydrogen-bond acceptors (Lipinski definition) is 6. The van der Waals surface area contributed by atoms with Crippen LogP contribution in [0.4, 0.5) is 0 Å². The number of nitrogens with zero attached hydrogens (tertiary/aromatic N) is 1. The van der Waals surface area contributed by atoms with Gasteiger partial charge in [0.25, 0.3) is 5.56 Å². The fraction of sp³-hybridized carbons (Fsp3) is 0.240. The van der Waals surface area contributed by atoms with Crippen molar-refractivity contribution in [3.63, 3.8) is 0 Å². The van der Waals surface area contributed by atoms with Crippen molar-refractivity contribution in [1.29, 1.82) is 0 Å². The molecule has 3 aromatic rings. The lowest BCUT2D eigenvalue weighted by molar-refractivity contribution is -0.135. The Labute approximate surface area is 190 Å². The summed E-state index contributed by atoms with van der Waals surface area (Å²) in [5.41, 5.74) is 3.18. The lowest BCUT2D eigenvalue weighted by Gasteiger charge is -2.04. The summed E-state index contributed by atoms with van der Waals surface area (Å²) in [5, 5.41) is 0. The van der Waals surface area contributed by atoms with Gasteiger partial charge in [-0.15, -0.1) is 11.3 Å². The maximum absolute atomic E-state index is 13.2. The van der Waals surface area contributed by atoms with Gasteiger partial charge >= 0.3 is 11.9 Å². The number of carbonyl (C=O) groups is 2. The van der Waals surface area contributed by atoms with Crippen LogP contribution in [0.3, 0.4) is 0 Å². The molecule has 7 heteroatoms. The second-order valence-corrected chi connectivity index (χ2v) is 8.08. The molecule has 0 saturated carbocycles. The largest absolute Gasteiger partial charge is 0.465 e. The third-order valence-electron chi connectivity index (χ3n) is 4.87. The number of benzene rings is 2. The molecule has 0 aliphatic heterocycles. The molecule has 0 N–H and O–H groups in total.